The highest BCUT2D eigenvalue weighted by Gasteiger charge is 2.28. The van der Waals surface area contributed by atoms with Gasteiger partial charge in [0.25, 0.3) is 0 Å². The standard InChI is InChI=1S/C24H18NO.ClHO4/c1-25-16-21(18-11-5-7-13-22(18)25)24-15-20(17-9-3-2-4-10-17)19-12-6-8-14-23(19)26-24;2-1(3,4)5/h2-16H,1H3;(H,2,3,4,5)/q+1;/p-1/b24-21-;. The molecule has 2 heterocycles. The lowest BCUT2D eigenvalue weighted by atomic mass is 9.93. The zero-order valence-corrected chi connectivity index (χ0v) is 17.3. The minimum atomic E-state index is -4.94. The summed E-state index contributed by atoms with van der Waals surface area (Å²) < 4.78 is 42.4. The summed E-state index contributed by atoms with van der Waals surface area (Å²) in [5.74, 6) is 1.79. The maximum atomic E-state index is 8.49. The van der Waals surface area contributed by atoms with Crippen molar-refractivity contribution in [3.63, 3.8) is 0 Å². The molecule has 0 fully saturated rings. The van der Waals surface area contributed by atoms with Crippen LogP contribution in [-0.2, 0) is 0 Å². The van der Waals surface area contributed by atoms with Crippen molar-refractivity contribution in [2.75, 3.05) is 7.05 Å². The molecule has 0 bridgehead atoms. The number of rotatable bonds is 1. The molecular formula is C24H18ClNO5. The monoisotopic (exact) mass is 435 g/mol. The van der Waals surface area contributed by atoms with Gasteiger partial charge in [0.2, 0.25) is 5.69 Å². The Morgan fingerprint density at radius 2 is 1.32 bits per heavy atom. The number of allylic oxidation sites excluding steroid dienone is 2. The van der Waals surface area contributed by atoms with Crippen LogP contribution in [0.5, 0.6) is 5.75 Å². The first-order valence-electron chi connectivity index (χ1n) is 9.39. The number of fused-ring (bicyclic) bond motifs is 2. The Morgan fingerprint density at radius 1 is 0.742 bits per heavy atom. The van der Waals surface area contributed by atoms with Gasteiger partial charge in [-0.15, -0.1) is 10.2 Å². The maximum absolute atomic E-state index is 8.49. The lowest BCUT2D eigenvalue weighted by Gasteiger charge is -2.21. The molecule has 0 amide bonds. The molecule has 7 heteroatoms. The summed E-state index contributed by atoms with van der Waals surface area (Å²) in [5.41, 5.74) is 7.03. The van der Waals surface area contributed by atoms with Crippen molar-refractivity contribution in [2.45, 2.75) is 0 Å². The van der Waals surface area contributed by atoms with Crippen molar-refractivity contribution < 1.29 is 38.2 Å². The summed E-state index contributed by atoms with van der Waals surface area (Å²) in [6.07, 6.45) is 4.31. The van der Waals surface area contributed by atoms with Gasteiger partial charge >= 0.3 is 0 Å². The lowest BCUT2D eigenvalue weighted by Crippen LogP contribution is -2.68. The molecule has 0 N–H and O–H groups in total. The Hall–Kier alpha value is -3.26. The SMILES string of the molecule is C[N+]1=C/C(=C2\C=C(c3ccccc3)c3ccccc3O2)c2ccccc21.[O-][Cl+3]([O-])([O-])[O-]. The number of ether oxygens (including phenoxy) is 1. The van der Waals surface area contributed by atoms with Gasteiger partial charge < -0.3 is 4.74 Å². The zero-order chi connectivity index (χ0) is 22.0. The van der Waals surface area contributed by atoms with Crippen LogP contribution in [0.2, 0.25) is 0 Å². The number of hydrogen-bond acceptors (Lipinski definition) is 5. The van der Waals surface area contributed by atoms with Gasteiger partial charge in [0, 0.05) is 11.6 Å². The smallest absolute Gasteiger partial charge is 0.213 e. The molecule has 3 aromatic rings. The minimum absolute atomic E-state index is 0.888. The first-order valence-corrected chi connectivity index (χ1v) is 10.6. The molecule has 2 aliphatic rings. The average molecular weight is 436 g/mol. The number of benzene rings is 3. The van der Waals surface area contributed by atoms with Gasteiger partial charge in [0.05, 0.1) is 11.1 Å². The topological polar surface area (TPSA) is 104 Å². The Labute approximate surface area is 181 Å². The van der Waals surface area contributed by atoms with E-state index in [0.29, 0.717) is 0 Å². The Bertz CT molecular complexity index is 1200. The summed E-state index contributed by atoms with van der Waals surface area (Å²) in [6, 6.07) is 27.2. The van der Waals surface area contributed by atoms with Crippen molar-refractivity contribution >= 4 is 23.0 Å². The van der Waals surface area contributed by atoms with E-state index in [2.05, 4.69) is 84.6 Å². The molecule has 6 nitrogen and oxygen atoms in total. The molecule has 5 rings (SSSR count). The van der Waals surface area contributed by atoms with Gasteiger partial charge in [0.15, 0.2) is 6.21 Å². The average Bonchev–Trinajstić information content (AvgIpc) is 3.09. The van der Waals surface area contributed by atoms with Crippen LogP contribution < -0.4 is 23.4 Å². The molecule has 2 aliphatic heterocycles. The Balaban J connectivity index is 0.000000418. The van der Waals surface area contributed by atoms with Crippen LogP contribution in [0.25, 0.3) is 11.1 Å². The second-order valence-corrected chi connectivity index (χ2v) is 7.69. The van der Waals surface area contributed by atoms with Crippen LogP contribution in [0.1, 0.15) is 16.7 Å². The normalized spacial score (nSPS) is 16.8. The molecule has 3 aromatic carbocycles. The van der Waals surface area contributed by atoms with Gasteiger partial charge in [-0.1, -0.05) is 60.7 Å². The molecule has 0 saturated carbocycles. The molecule has 0 spiro atoms. The highest BCUT2D eigenvalue weighted by atomic mass is 35.7. The number of halogens is 1. The third-order valence-corrected chi connectivity index (χ3v) is 4.92. The van der Waals surface area contributed by atoms with Gasteiger partial charge in [-0.2, -0.15) is 0 Å². The maximum Gasteiger partial charge on any atom is 0.213 e. The first-order chi connectivity index (χ1) is 14.8. The largest absolute Gasteiger partial charge is 0.456 e. The predicted molar refractivity (Wildman–Crippen MR) is 106 cm³/mol. The molecule has 0 aliphatic carbocycles. The van der Waals surface area contributed by atoms with Crippen LogP contribution in [0.15, 0.2) is 90.7 Å². The van der Waals surface area contributed by atoms with Crippen LogP contribution in [-0.4, -0.2) is 17.8 Å². The molecule has 156 valence electrons. The van der Waals surface area contributed by atoms with Crippen LogP contribution in [0, 0.1) is 10.2 Å². The molecule has 0 aromatic heterocycles. The van der Waals surface area contributed by atoms with Gasteiger partial charge in [-0.3, -0.25) is 0 Å². The first kappa shape index (κ1) is 21.0. The van der Waals surface area contributed by atoms with Gasteiger partial charge in [-0.25, -0.2) is 23.2 Å². The number of hydrogen-bond donors (Lipinski definition) is 0. The van der Waals surface area contributed by atoms with Crippen molar-refractivity contribution in [2.24, 2.45) is 0 Å². The van der Waals surface area contributed by atoms with Crippen molar-refractivity contribution in [1.29, 1.82) is 0 Å². The quantitative estimate of drug-likeness (QED) is 0.518. The number of para-hydroxylation sites is 2. The van der Waals surface area contributed by atoms with E-state index in [9.17, 15) is 0 Å². The third-order valence-electron chi connectivity index (χ3n) is 4.92. The highest BCUT2D eigenvalue weighted by molar-refractivity contribution is 6.14. The van der Waals surface area contributed by atoms with Crippen molar-refractivity contribution in [3.8, 4) is 5.75 Å². The molecule has 31 heavy (non-hydrogen) atoms. The second-order valence-electron chi connectivity index (χ2n) is 6.94. The van der Waals surface area contributed by atoms with E-state index in [1.807, 2.05) is 18.2 Å². The van der Waals surface area contributed by atoms with E-state index in [1.54, 1.807) is 0 Å². The zero-order valence-electron chi connectivity index (χ0n) is 16.5. The summed E-state index contributed by atoms with van der Waals surface area (Å²) in [6.45, 7) is 0. The third kappa shape index (κ3) is 4.74. The summed E-state index contributed by atoms with van der Waals surface area (Å²) in [5, 5.41) is 0. The van der Waals surface area contributed by atoms with Crippen LogP contribution in [0.3, 0.4) is 0 Å². The van der Waals surface area contributed by atoms with Crippen molar-refractivity contribution in [3.05, 3.63) is 107 Å². The fourth-order valence-corrected chi connectivity index (χ4v) is 3.66. The van der Waals surface area contributed by atoms with Crippen LogP contribution >= 0.6 is 0 Å². The van der Waals surface area contributed by atoms with Crippen LogP contribution in [0.4, 0.5) is 5.69 Å². The predicted octanol–water partition coefficient (Wildman–Crippen LogP) is 0.524. The van der Waals surface area contributed by atoms with E-state index >= 15 is 0 Å². The number of nitrogens with zero attached hydrogens (tertiary/aromatic N) is 1. The highest BCUT2D eigenvalue weighted by Crippen LogP contribution is 2.40. The lowest BCUT2D eigenvalue weighted by molar-refractivity contribution is -2.00. The van der Waals surface area contributed by atoms with E-state index in [1.165, 1.54) is 22.4 Å². The van der Waals surface area contributed by atoms with Gasteiger partial charge in [0.1, 0.15) is 18.6 Å². The Morgan fingerprint density at radius 3 is 2.03 bits per heavy atom. The second kappa shape index (κ2) is 8.47. The molecular weight excluding hydrogens is 418 g/mol. The Kier molecular flexibility index (Phi) is 5.73. The van der Waals surface area contributed by atoms with Gasteiger partial charge in [-0.05, 0) is 29.3 Å². The van der Waals surface area contributed by atoms with Crippen molar-refractivity contribution in [1.82, 2.24) is 0 Å². The van der Waals surface area contributed by atoms with E-state index in [0.717, 1.165) is 22.6 Å². The van der Waals surface area contributed by atoms with E-state index in [-0.39, 0.29) is 0 Å². The summed E-state index contributed by atoms with van der Waals surface area (Å²) >= 11 is 0. The molecule has 0 unspecified atom stereocenters. The fourth-order valence-electron chi connectivity index (χ4n) is 3.66. The summed E-state index contributed by atoms with van der Waals surface area (Å²) in [4.78, 5) is 0. The molecule has 0 saturated heterocycles. The minimum Gasteiger partial charge on any atom is -0.456 e. The molecule has 0 radical (unpaired) electrons. The summed E-state index contributed by atoms with van der Waals surface area (Å²) in [7, 11) is -2.87. The van der Waals surface area contributed by atoms with E-state index in [4.69, 9.17) is 23.4 Å². The molecule has 0 atom stereocenters. The fraction of sp³-hybridized carbons (Fsp3) is 0.0417. The van der Waals surface area contributed by atoms with E-state index < -0.39 is 10.2 Å².